The molecule has 1 aliphatic heterocycles. The van der Waals surface area contributed by atoms with E-state index in [1.165, 1.54) is 0 Å². The molecule has 1 aliphatic rings. The molecular weight excluding hydrogens is 363 g/mol. The summed E-state index contributed by atoms with van der Waals surface area (Å²) in [6.07, 6.45) is 1.76. The van der Waals surface area contributed by atoms with Gasteiger partial charge in [0.05, 0.1) is 17.5 Å². The van der Waals surface area contributed by atoms with E-state index in [-0.39, 0.29) is 0 Å². The van der Waals surface area contributed by atoms with Gasteiger partial charge in [-0.1, -0.05) is 42.5 Å². The first-order chi connectivity index (χ1) is 13.7. The van der Waals surface area contributed by atoms with E-state index in [4.69, 9.17) is 18.5 Å². The fourth-order valence-electron chi connectivity index (χ4n) is 3.33. The van der Waals surface area contributed by atoms with Crippen LogP contribution >= 0.6 is 0 Å². The molecule has 0 atom stereocenters. The van der Waals surface area contributed by atoms with Crippen LogP contribution in [0.5, 0.6) is 5.75 Å². The van der Waals surface area contributed by atoms with Crippen molar-refractivity contribution in [3.63, 3.8) is 0 Å². The number of aryl methyl sites for hydroxylation is 1. The van der Waals surface area contributed by atoms with E-state index in [9.17, 15) is 0 Å². The highest BCUT2D eigenvalue weighted by Crippen LogP contribution is 2.37. The van der Waals surface area contributed by atoms with Gasteiger partial charge in [-0.2, -0.15) is 0 Å². The minimum Gasteiger partial charge on any atom is -0.489 e. The SMILES string of the molecule is Cc1cc(-c2ccc(B3OC(C)(C)C(C)(C)O3)c(OCc3ccccc3)c2)co1. The third-order valence-corrected chi connectivity index (χ3v) is 5.82. The Labute approximate surface area is 172 Å². The molecular formula is C24H27BO4. The highest BCUT2D eigenvalue weighted by atomic mass is 16.7. The van der Waals surface area contributed by atoms with E-state index in [1.807, 2.05) is 43.3 Å². The summed E-state index contributed by atoms with van der Waals surface area (Å²) >= 11 is 0. The zero-order chi connectivity index (χ0) is 20.6. The largest absolute Gasteiger partial charge is 0.498 e. The number of rotatable bonds is 5. The third kappa shape index (κ3) is 3.98. The quantitative estimate of drug-likeness (QED) is 0.566. The summed E-state index contributed by atoms with van der Waals surface area (Å²) in [6.45, 7) is 10.6. The van der Waals surface area contributed by atoms with E-state index < -0.39 is 18.3 Å². The topological polar surface area (TPSA) is 40.8 Å². The van der Waals surface area contributed by atoms with Crippen molar-refractivity contribution in [2.45, 2.75) is 52.4 Å². The van der Waals surface area contributed by atoms with Crippen molar-refractivity contribution < 1.29 is 18.5 Å². The first-order valence-corrected chi connectivity index (χ1v) is 9.97. The van der Waals surface area contributed by atoms with Crippen LogP contribution in [0.15, 0.2) is 65.3 Å². The van der Waals surface area contributed by atoms with Crippen molar-refractivity contribution in [3.05, 3.63) is 72.2 Å². The van der Waals surface area contributed by atoms with E-state index in [0.29, 0.717) is 6.61 Å². The van der Waals surface area contributed by atoms with Crippen LogP contribution in [0.1, 0.15) is 39.0 Å². The summed E-state index contributed by atoms with van der Waals surface area (Å²) in [7, 11) is -0.481. The number of furan rings is 1. The second kappa shape index (κ2) is 7.40. The van der Waals surface area contributed by atoms with Gasteiger partial charge in [-0.25, -0.2) is 0 Å². The lowest BCUT2D eigenvalue weighted by atomic mass is 9.77. The van der Waals surface area contributed by atoms with Gasteiger partial charge in [0.15, 0.2) is 0 Å². The van der Waals surface area contributed by atoms with Gasteiger partial charge in [-0.05, 0) is 57.9 Å². The Kier molecular flexibility index (Phi) is 5.05. The van der Waals surface area contributed by atoms with Crippen LogP contribution in [0.25, 0.3) is 11.1 Å². The first kappa shape index (κ1) is 19.8. The molecule has 0 saturated carbocycles. The van der Waals surface area contributed by atoms with Crippen molar-refractivity contribution >= 4 is 12.6 Å². The summed E-state index contributed by atoms with van der Waals surface area (Å²) in [5.74, 6) is 1.63. The normalized spacial score (nSPS) is 17.5. The number of benzene rings is 2. The fraction of sp³-hybridized carbons (Fsp3) is 0.333. The predicted octanol–water partition coefficient (Wildman–Crippen LogP) is 5.13. The van der Waals surface area contributed by atoms with E-state index >= 15 is 0 Å². The number of ether oxygens (including phenoxy) is 1. The predicted molar refractivity (Wildman–Crippen MR) is 115 cm³/mol. The summed E-state index contributed by atoms with van der Waals surface area (Å²) in [5, 5.41) is 0. The molecule has 2 aromatic carbocycles. The monoisotopic (exact) mass is 390 g/mol. The molecule has 0 unspecified atom stereocenters. The third-order valence-electron chi connectivity index (χ3n) is 5.82. The average molecular weight is 390 g/mol. The Morgan fingerprint density at radius 2 is 1.55 bits per heavy atom. The molecule has 29 heavy (non-hydrogen) atoms. The van der Waals surface area contributed by atoms with Crippen LogP contribution in [0.3, 0.4) is 0 Å². The Morgan fingerprint density at radius 1 is 0.862 bits per heavy atom. The molecule has 0 N–H and O–H groups in total. The van der Waals surface area contributed by atoms with Gasteiger partial charge in [0, 0.05) is 11.0 Å². The highest BCUT2D eigenvalue weighted by Gasteiger charge is 2.52. The summed E-state index contributed by atoms with van der Waals surface area (Å²) in [4.78, 5) is 0. The minimum atomic E-state index is -0.481. The van der Waals surface area contributed by atoms with Crippen LogP contribution in [-0.4, -0.2) is 18.3 Å². The van der Waals surface area contributed by atoms with Gasteiger partial charge in [0.1, 0.15) is 18.1 Å². The van der Waals surface area contributed by atoms with Gasteiger partial charge >= 0.3 is 7.12 Å². The van der Waals surface area contributed by atoms with Crippen LogP contribution in [0.2, 0.25) is 0 Å². The molecule has 1 aromatic heterocycles. The Balaban J connectivity index is 1.68. The molecule has 5 heteroatoms. The maximum Gasteiger partial charge on any atom is 0.498 e. The molecule has 0 amide bonds. The van der Waals surface area contributed by atoms with Gasteiger partial charge in [0.25, 0.3) is 0 Å². The van der Waals surface area contributed by atoms with Crippen molar-refractivity contribution in [2.24, 2.45) is 0 Å². The Morgan fingerprint density at radius 3 is 2.17 bits per heavy atom. The zero-order valence-electron chi connectivity index (χ0n) is 17.7. The Hall–Kier alpha value is -2.50. The molecule has 0 aliphatic carbocycles. The zero-order valence-corrected chi connectivity index (χ0v) is 17.7. The number of hydrogen-bond donors (Lipinski definition) is 0. The van der Waals surface area contributed by atoms with Crippen molar-refractivity contribution in [2.75, 3.05) is 0 Å². The van der Waals surface area contributed by atoms with Crippen LogP contribution in [-0.2, 0) is 15.9 Å². The lowest BCUT2D eigenvalue weighted by Gasteiger charge is -2.32. The second-order valence-electron chi connectivity index (χ2n) is 8.56. The van der Waals surface area contributed by atoms with Crippen LogP contribution in [0, 0.1) is 6.92 Å². The average Bonchev–Trinajstić information content (AvgIpc) is 3.21. The first-order valence-electron chi connectivity index (χ1n) is 9.97. The molecule has 0 radical (unpaired) electrons. The molecule has 2 heterocycles. The summed E-state index contributed by atoms with van der Waals surface area (Å²) in [6, 6.07) is 18.3. The van der Waals surface area contributed by atoms with Crippen molar-refractivity contribution in [1.82, 2.24) is 0 Å². The highest BCUT2D eigenvalue weighted by molar-refractivity contribution is 6.63. The van der Waals surface area contributed by atoms with E-state index in [2.05, 4.69) is 45.9 Å². The van der Waals surface area contributed by atoms with Crippen molar-refractivity contribution in [1.29, 1.82) is 0 Å². The lowest BCUT2D eigenvalue weighted by molar-refractivity contribution is 0.00578. The minimum absolute atomic E-state index is 0.408. The maximum atomic E-state index is 6.27. The summed E-state index contributed by atoms with van der Waals surface area (Å²) in [5.41, 5.74) is 3.24. The Bertz CT molecular complexity index is 975. The summed E-state index contributed by atoms with van der Waals surface area (Å²) < 4.78 is 24.3. The molecule has 0 bridgehead atoms. The fourth-order valence-corrected chi connectivity index (χ4v) is 3.33. The second-order valence-corrected chi connectivity index (χ2v) is 8.56. The van der Waals surface area contributed by atoms with E-state index in [1.54, 1.807) is 6.26 Å². The molecule has 3 aromatic rings. The van der Waals surface area contributed by atoms with Gasteiger partial charge in [0.2, 0.25) is 0 Å². The standard InChI is InChI=1S/C24H27BO4/c1-17-13-20(16-26-17)19-11-12-21(25-28-23(2,3)24(4,5)29-25)22(14-19)27-15-18-9-7-6-8-10-18/h6-14,16H,15H2,1-5H3. The molecule has 0 spiro atoms. The molecule has 1 fully saturated rings. The van der Waals surface area contributed by atoms with Gasteiger partial charge in [-0.15, -0.1) is 0 Å². The van der Waals surface area contributed by atoms with Crippen LogP contribution < -0.4 is 10.2 Å². The van der Waals surface area contributed by atoms with Gasteiger partial charge in [-0.3, -0.25) is 0 Å². The molecule has 1 saturated heterocycles. The number of hydrogen-bond acceptors (Lipinski definition) is 4. The van der Waals surface area contributed by atoms with Crippen molar-refractivity contribution in [3.8, 4) is 16.9 Å². The maximum absolute atomic E-state index is 6.27. The molecule has 4 nitrogen and oxygen atoms in total. The molecule has 4 rings (SSSR count). The van der Waals surface area contributed by atoms with E-state index in [0.717, 1.165) is 33.7 Å². The molecule has 150 valence electrons. The lowest BCUT2D eigenvalue weighted by Crippen LogP contribution is -2.41. The smallest absolute Gasteiger partial charge is 0.489 e. The van der Waals surface area contributed by atoms with Crippen LogP contribution in [0.4, 0.5) is 0 Å². The van der Waals surface area contributed by atoms with Gasteiger partial charge < -0.3 is 18.5 Å².